The normalized spacial score (nSPS) is 10.7. The van der Waals surface area contributed by atoms with Gasteiger partial charge in [0.05, 0.1) is 11.4 Å². The second-order valence-corrected chi connectivity index (χ2v) is 7.26. The Labute approximate surface area is 161 Å². The van der Waals surface area contributed by atoms with Gasteiger partial charge in [0.25, 0.3) is 0 Å². The van der Waals surface area contributed by atoms with Crippen molar-refractivity contribution in [3.05, 3.63) is 69.3 Å². The number of carbonyl (C=O) groups excluding carboxylic acids is 1. The molecule has 2 N–H and O–H groups in total. The molecule has 2 amide bonds. The largest absolute Gasteiger partial charge is 0.324 e. The first-order valence-electron chi connectivity index (χ1n) is 8.32. The molecule has 3 rings (SSSR count). The smallest absolute Gasteiger partial charge is 0.307 e. The van der Waals surface area contributed by atoms with Crippen LogP contribution < -0.4 is 10.6 Å². The van der Waals surface area contributed by atoms with E-state index < -0.39 is 0 Å². The van der Waals surface area contributed by atoms with Crippen molar-refractivity contribution in [1.29, 1.82) is 0 Å². The molecular formula is C20H21BrN4O. The van der Waals surface area contributed by atoms with Crippen molar-refractivity contribution in [3.63, 3.8) is 0 Å². The molecule has 0 radical (unpaired) electrons. The van der Waals surface area contributed by atoms with Crippen molar-refractivity contribution >= 4 is 33.5 Å². The van der Waals surface area contributed by atoms with Gasteiger partial charge in [-0.3, -0.25) is 5.32 Å². The lowest BCUT2D eigenvalue weighted by Crippen LogP contribution is -2.22. The van der Waals surface area contributed by atoms with Crippen molar-refractivity contribution in [3.8, 4) is 5.69 Å². The number of benzene rings is 2. The van der Waals surface area contributed by atoms with E-state index in [1.54, 1.807) is 4.68 Å². The average molecular weight is 413 g/mol. The first-order valence-corrected chi connectivity index (χ1v) is 9.12. The van der Waals surface area contributed by atoms with Gasteiger partial charge in [-0.1, -0.05) is 28.1 Å². The molecule has 134 valence electrons. The van der Waals surface area contributed by atoms with E-state index in [0.717, 1.165) is 38.2 Å². The highest BCUT2D eigenvalue weighted by Gasteiger charge is 2.16. The van der Waals surface area contributed by atoms with Crippen LogP contribution in [0.3, 0.4) is 0 Å². The number of hydrogen-bond acceptors (Lipinski definition) is 2. The van der Waals surface area contributed by atoms with Crippen LogP contribution in [0.5, 0.6) is 0 Å². The zero-order chi connectivity index (χ0) is 18.8. The number of urea groups is 1. The molecule has 0 bridgehead atoms. The molecule has 2 aromatic carbocycles. The van der Waals surface area contributed by atoms with E-state index in [4.69, 9.17) is 0 Å². The van der Waals surface area contributed by atoms with Gasteiger partial charge in [0, 0.05) is 15.7 Å². The van der Waals surface area contributed by atoms with Crippen molar-refractivity contribution in [1.82, 2.24) is 9.78 Å². The maximum Gasteiger partial charge on any atom is 0.324 e. The number of aromatic nitrogens is 2. The lowest BCUT2D eigenvalue weighted by atomic mass is 10.1. The highest BCUT2D eigenvalue weighted by molar-refractivity contribution is 9.10. The predicted molar refractivity (Wildman–Crippen MR) is 109 cm³/mol. The van der Waals surface area contributed by atoms with Gasteiger partial charge in [-0.25, -0.2) is 9.48 Å². The van der Waals surface area contributed by atoms with Crippen LogP contribution >= 0.6 is 15.9 Å². The molecule has 5 nitrogen and oxygen atoms in total. The van der Waals surface area contributed by atoms with Crippen LogP contribution in [0.25, 0.3) is 5.69 Å². The molecule has 1 heterocycles. The monoisotopic (exact) mass is 412 g/mol. The van der Waals surface area contributed by atoms with Gasteiger partial charge in [0.1, 0.15) is 5.82 Å². The maximum absolute atomic E-state index is 12.6. The summed E-state index contributed by atoms with van der Waals surface area (Å²) in [5, 5.41) is 10.4. The van der Waals surface area contributed by atoms with Gasteiger partial charge in [0.15, 0.2) is 0 Å². The van der Waals surface area contributed by atoms with Crippen LogP contribution in [0.4, 0.5) is 16.3 Å². The van der Waals surface area contributed by atoms with Crippen LogP contribution in [0.15, 0.2) is 46.9 Å². The molecule has 0 fully saturated rings. The predicted octanol–water partition coefficient (Wildman–Crippen LogP) is 5.51. The Bertz CT molecular complexity index is 961. The van der Waals surface area contributed by atoms with E-state index in [2.05, 4.69) is 31.7 Å². The van der Waals surface area contributed by atoms with Crippen molar-refractivity contribution in [2.75, 3.05) is 10.6 Å². The summed E-state index contributed by atoms with van der Waals surface area (Å²) in [6, 6.07) is 13.5. The zero-order valence-electron chi connectivity index (χ0n) is 15.2. The van der Waals surface area contributed by atoms with Gasteiger partial charge >= 0.3 is 6.03 Å². The molecule has 6 heteroatoms. The number of halogens is 1. The number of carbonyl (C=O) groups is 1. The summed E-state index contributed by atoms with van der Waals surface area (Å²) >= 11 is 3.44. The van der Waals surface area contributed by atoms with Gasteiger partial charge in [-0.05, 0) is 69.2 Å². The van der Waals surface area contributed by atoms with Gasteiger partial charge < -0.3 is 5.32 Å². The molecule has 0 atom stereocenters. The van der Waals surface area contributed by atoms with E-state index in [1.807, 2.05) is 70.2 Å². The van der Waals surface area contributed by atoms with E-state index in [0.29, 0.717) is 5.82 Å². The number of nitrogens with zero attached hydrogens (tertiary/aromatic N) is 2. The lowest BCUT2D eigenvalue weighted by Gasteiger charge is -2.13. The number of rotatable bonds is 3. The number of amides is 2. The third-order valence-electron chi connectivity index (χ3n) is 4.30. The molecule has 0 unspecified atom stereocenters. The SMILES string of the molecule is Cc1ccc(C)c(NC(=O)Nc2c(C)c(C)nn2-c2ccc(Br)cc2)c1. The van der Waals surface area contributed by atoms with Crippen LogP contribution in [0, 0.1) is 27.7 Å². The number of hydrogen-bond donors (Lipinski definition) is 2. The first kappa shape index (κ1) is 18.2. The Hall–Kier alpha value is -2.60. The highest BCUT2D eigenvalue weighted by Crippen LogP contribution is 2.24. The van der Waals surface area contributed by atoms with Crippen molar-refractivity contribution in [2.24, 2.45) is 0 Å². The molecule has 0 spiro atoms. The standard InChI is InChI=1S/C20H21BrN4O/c1-12-5-6-13(2)18(11-12)22-20(26)23-19-14(3)15(4)24-25(19)17-9-7-16(21)8-10-17/h5-11H,1-4H3,(H2,22,23,26). The molecule has 0 aliphatic heterocycles. The fourth-order valence-electron chi connectivity index (χ4n) is 2.65. The summed E-state index contributed by atoms with van der Waals surface area (Å²) < 4.78 is 2.74. The molecule has 0 aliphatic rings. The molecule has 0 saturated heterocycles. The quantitative estimate of drug-likeness (QED) is 0.595. The van der Waals surface area contributed by atoms with Gasteiger partial charge in [0.2, 0.25) is 0 Å². The Kier molecular flexibility index (Phi) is 5.13. The van der Waals surface area contributed by atoms with Gasteiger partial charge in [-0.15, -0.1) is 0 Å². The minimum atomic E-state index is -0.292. The highest BCUT2D eigenvalue weighted by atomic mass is 79.9. The summed E-state index contributed by atoms with van der Waals surface area (Å²) in [4.78, 5) is 12.6. The van der Waals surface area contributed by atoms with Gasteiger partial charge in [-0.2, -0.15) is 5.10 Å². The lowest BCUT2D eigenvalue weighted by molar-refractivity contribution is 0.262. The second-order valence-electron chi connectivity index (χ2n) is 6.34. The zero-order valence-corrected chi connectivity index (χ0v) is 16.8. The Balaban J connectivity index is 1.88. The Morgan fingerprint density at radius 3 is 2.38 bits per heavy atom. The maximum atomic E-state index is 12.6. The topological polar surface area (TPSA) is 59.0 Å². The minimum absolute atomic E-state index is 0.292. The van der Waals surface area contributed by atoms with Crippen LogP contribution in [0.1, 0.15) is 22.4 Å². The van der Waals surface area contributed by atoms with E-state index >= 15 is 0 Å². The summed E-state index contributed by atoms with van der Waals surface area (Å²) in [5.74, 6) is 0.660. The Morgan fingerprint density at radius 2 is 1.69 bits per heavy atom. The molecule has 26 heavy (non-hydrogen) atoms. The van der Waals surface area contributed by atoms with Crippen molar-refractivity contribution < 1.29 is 4.79 Å². The van der Waals surface area contributed by atoms with Crippen LogP contribution in [-0.4, -0.2) is 15.8 Å². The first-order chi connectivity index (χ1) is 12.3. The fraction of sp³-hybridized carbons (Fsp3) is 0.200. The third kappa shape index (κ3) is 3.80. The van der Waals surface area contributed by atoms with Crippen molar-refractivity contribution in [2.45, 2.75) is 27.7 Å². The summed E-state index contributed by atoms with van der Waals surface area (Å²) in [7, 11) is 0. The average Bonchev–Trinajstić information content (AvgIpc) is 2.87. The van der Waals surface area contributed by atoms with E-state index in [1.165, 1.54) is 0 Å². The number of nitrogens with one attached hydrogen (secondary N) is 2. The van der Waals surface area contributed by atoms with E-state index in [-0.39, 0.29) is 6.03 Å². The summed E-state index contributed by atoms with van der Waals surface area (Å²) in [6.07, 6.45) is 0. The Morgan fingerprint density at radius 1 is 1.00 bits per heavy atom. The number of anilines is 2. The minimum Gasteiger partial charge on any atom is -0.307 e. The fourth-order valence-corrected chi connectivity index (χ4v) is 2.92. The molecule has 0 aliphatic carbocycles. The third-order valence-corrected chi connectivity index (χ3v) is 4.83. The molecule has 0 saturated carbocycles. The second kappa shape index (κ2) is 7.33. The molecule has 3 aromatic rings. The number of aryl methyl sites for hydroxylation is 3. The molecular weight excluding hydrogens is 392 g/mol. The summed E-state index contributed by atoms with van der Waals surface area (Å²) in [5.41, 5.74) is 5.59. The summed E-state index contributed by atoms with van der Waals surface area (Å²) in [6.45, 7) is 7.85. The molecule has 1 aromatic heterocycles. The van der Waals surface area contributed by atoms with Crippen LogP contribution in [0.2, 0.25) is 0 Å². The van der Waals surface area contributed by atoms with Crippen LogP contribution in [-0.2, 0) is 0 Å². The van der Waals surface area contributed by atoms with E-state index in [9.17, 15) is 4.79 Å².